The van der Waals surface area contributed by atoms with Crippen LogP contribution in [-0.2, 0) is 4.79 Å². The Morgan fingerprint density at radius 2 is 2.27 bits per heavy atom. The van der Waals surface area contributed by atoms with Crippen LogP contribution < -0.4 is 10.8 Å². The van der Waals surface area contributed by atoms with Crippen LogP contribution in [0.25, 0.3) is 0 Å². The first-order valence-electron chi connectivity index (χ1n) is 3.53. The van der Waals surface area contributed by atoms with Gasteiger partial charge in [0.05, 0.1) is 0 Å². The number of anilines is 1. The Balaban J connectivity index is 2.79. The highest BCUT2D eigenvalue weighted by molar-refractivity contribution is 6.32. The lowest BCUT2D eigenvalue weighted by molar-refractivity contribution is -0.114. The molecule has 0 aliphatic carbocycles. The molecule has 1 N–H and O–H groups in total. The molecule has 11 heavy (non-hydrogen) atoms. The molecule has 3 heteroatoms. The second-order valence-electron chi connectivity index (χ2n) is 2.55. The summed E-state index contributed by atoms with van der Waals surface area (Å²) in [5.74, 6) is -0.0319. The van der Waals surface area contributed by atoms with Crippen LogP contribution in [-0.4, -0.2) is 13.8 Å². The second kappa shape index (κ2) is 3.24. The summed E-state index contributed by atoms with van der Waals surface area (Å²) < 4.78 is 0. The average Bonchev–Trinajstić information content (AvgIpc) is 1.85. The van der Waals surface area contributed by atoms with Crippen molar-refractivity contribution in [2.75, 3.05) is 5.32 Å². The van der Waals surface area contributed by atoms with E-state index in [0.29, 0.717) is 0 Å². The van der Waals surface area contributed by atoms with Gasteiger partial charge in [0.25, 0.3) is 0 Å². The molecule has 0 atom stereocenters. The predicted molar refractivity (Wildman–Crippen MR) is 48.9 cm³/mol. The Morgan fingerprint density at radius 1 is 1.55 bits per heavy atom. The fraction of sp³-hybridized carbons (Fsp3) is 0.125. The van der Waals surface area contributed by atoms with E-state index in [0.717, 1.165) is 11.2 Å². The summed E-state index contributed by atoms with van der Waals surface area (Å²) in [6, 6.07) is 7.71. The molecule has 0 aromatic heterocycles. The van der Waals surface area contributed by atoms with Crippen molar-refractivity contribution >= 4 is 24.9 Å². The molecule has 0 radical (unpaired) electrons. The molecule has 0 saturated carbocycles. The van der Waals surface area contributed by atoms with Crippen LogP contribution in [0.2, 0.25) is 0 Å². The Morgan fingerprint density at radius 3 is 2.82 bits per heavy atom. The Bertz CT molecular complexity index is 273. The maximum Gasteiger partial charge on any atom is 0.221 e. The molecule has 0 fully saturated rings. The Kier molecular flexibility index (Phi) is 2.31. The minimum absolute atomic E-state index is 0.0319. The smallest absolute Gasteiger partial charge is 0.221 e. The average molecular weight is 147 g/mol. The van der Waals surface area contributed by atoms with Crippen LogP contribution in [0.5, 0.6) is 0 Å². The van der Waals surface area contributed by atoms with Crippen molar-refractivity contribution in [3.8, 4) is 0 Å². The Hall–Kier alpha value is -1.25. The van der Waals surface area contributed by atoms with Crippen LogP contribution in [0, 0.1) is 0 Å². The third-order valence-electron chi connectivity index (χ3n) is 1.34. The van der Waals surface area contributed by atoms with Crippen LogP contribution in [0.15, 0.2) is 24.3 Å². The summed E-state index contributed by atoms with van der Waals surface area (Å²) in [7, 11) is 1.99. The number of benzene rings is 1. The van der Waals surface area contributed by atoms with Crippen molar-refractivity contribution in [1.82, 2.24) is 0 Å². The minimum Gasteiger partial charge on any atom is -0.326 e. The lowest BCUT2D eigenvalue weighted by Gasteiger charge is -2.01. The SMILES string of the molecule is Bc1cccc(NC(C)=O)c1. The first-order valence-corrected chi connectivity index (χ1v) is 3.53. The first-order chi connectivity index (χ1) is 5.18. The highest BCUT2D eigenvalue weighted by Crippen LogP contribution is 2.01. The standard InChI is InChI=1S/C8H10BNO/c1-6(11)10-8-4-2-3-7(9)5-8/h2-5H,9H2,1H3,(H,10,11). The van der Waals surface area contributed by atoms with Crippen LogP contribution in [0.3, 0.4) is 0 Å². The van der Waals surface area contributed by atoms with Crippen molar-refractivity contribution < 1.29 is 4.79 Å². The zero-order chi connectivity index (χ0) is 8.27. The number of rotatable bonds is 1. The van der Waals surface area contributed by atoms with Gasteiger partial charge in [-0.05, 0) is 12.1 Å². The van der Waals surface area contributed by atoms with Gasteiger partial charge in [0.1, 0.15) is 7.85 Å². The quantitative estimate of drug-likeness (QED) is 0.552. The second-order valence-corrected chi connectivity index (χ2v) is 2.55. The molecule has 0 heterocycles. The molecule has 0 saturated heterocycles. The highest BCUT2D eigenvalue weighted by Gasteiger charge is 1.93. The third kappa shape index (κ3) is 2.46. The number of carbonyl (C=O) groups is 1. The largest absolute Gasteiger partial charge is 0.326 e. The van der Waals surface area contributed by atoms with E-state index in [9.17, 15) is 4.79 Å². The number of nitrogens with one attached hydrogen (secondary N) is 1. The molecule has 1 rings (SSSR count). The van der Waals surface area contributed by atoms with Crippen molar-refractivity contribution in [3.05, 3.63) is 24.3 Å². The lowest BCUT2D eigenvalue weighted by atomic mass is 9.96. The maximum atomic E-state index is 10.6. The summed E-state index contributed by atoms with van der Waals surface area (Å²) in [5.41, 5.74) is 2.01. The predicted octanol–water partition coefficient (Wildman–Crippen LogP) is -0.0966. The molecule has 0 spiro atoms. The fourth-order valence-electron chi connectivity index (χ4n) is 0.926. The van der Waals surface area contributed by atoms with Crippen molar-refractivity contribution in [1.29, 1.82) is 0 Å². The molecule has 0 aliphatic heterocycles. The summed E-state index contributed by atoms with van der Waals surface area (Å²) in [4.78, 5) is 10.6. The highest BCUT2D eigenvalue weighted by atomic mass is 16.1. The van der Waals surface area contributed by atoms with Crippen molar-refractivity contribution in [2.45, 2.75) is 6.92 Å². The number of hydrogen-bond donors (Lipinski definition) is 1. The van der Waals surface area contributed by atoms with Crippen molar-refractivity contribution in [3.63, 3.8) is 0 Å². The van der Waals surface area contributed by atoms with Gasteiger partial charge in [-0.2, -0.15) is 0 Å². The summed E-state index contributed by atoms with van der Waals surface area (Å²) in [6.45, 7) is 1.50. The molecule has 1 aromatic carbocycles. The van der Waals surface area contributed by atoms with E-state index in [1.54, 1.807) is 0 Å². The van der Waals surface area contributed by atoms with Gasteiger partial charge < -0.3 is 5.32 Å². The zero-order valence-corrected chi connectivity index (χ0v) is 6.72. The first kappa shape index (κ1) is 7.86. The number of hydrogen-bond acceptors (Lipinski definition) is 1. The lowest BCUT2D eigenvalue weighted by Crippen LogP contribution is -2.09. The molecule has 56 valence electrons. The normalized spacial score (nSPS) is 9.18. The molecular formula is C8H10BNO. The molecule has 1 amide bonds. The zero-order valence-electron chi connectivity index (χ0n) is 6.72. The molecule has 0 bridgehead atoms. The number of carbonyl (C=O) groups excluding carboxylic acids is 1. The molecule has 1 aromatic rings. The Labute approximate surface area is 67.0 Å². The summed E-state index contributed by atoms with van der Waals surface area (Å²) in [5, 5.41) is 2.71. The molecule has 0 unspecified atom stereocenters. The monoisotopic (exact) mass is 147 g/mol. The molecule has 0 aliphatic rings. The van der Waals surface area contributed by atoms with E-state index in [2.05, 4.69) is 5.32 Å². The van der Waals surface area contributed by atoms with Gasteiger partial charge in [-0.3, -0.25) is 4.79 Å². The van der Waals surface area contributed by atoms with Gasteiger partial charge in [-0.1, -0.05) is 17.6 Å². The maximum absolute atomic E-state index is 10.6. The van der Waals surface area contributed by atoms with E-state index < -0.39 is 0 Å². The van der Waals surface area contributed by atoms with E-state index in [1.807, 2.05) is 32.1 Å². The van der Waals surface area contributed by atoms with Gasteiger partial charge in [-0.25, -0.2) is 0 Å². The van der Waals surface area contributed by atoms with Crippen LogP contribution in [0.1, 0.15) is 6.92 Å². The van der Waals surface area contributed by atoms with Gasteiger partial charge >= 0.3 is 0 Å². The third-order valence-corrected chi connectivity index (χ3v) is 1.34. The summed E-state index contributed by atoms with van der Waals surface area (Å²) in [6.07, 6.45) is 0. The molecule has 2 nitrogen and oxygen atoms in total. The molecular weight excluding hydrogens is 137 g/mol. The van der Waals surface area contributed by atoms with E-state index in [4.69, 9.17) is 0 Å². The minimum atomic E-state index is -0.0319. The van der Waals surface area contributed by atoms with Gasteiger partial charge in [-0.15, -0.1) is 0 Å². The fourth-order valence-corrected chi connectivity index (χ4v) is 0.926. The topological polar surface area (TPSA) is 29.1 Å². The van der Waals surface area contributed by atoms with E-state index in [-0.39, 0.29) is 5.91 Å². The van der Waals surface area contributed by atoms with Gasteiger partial charge in [0.15, 0.2) is 0 Å². The van der Waals surface area contributed by atoms with E-state index >= 15 is 0 Å². The van der Waals surface area contributed by atoms with Gasteiger partial charge in [0, 0.05) is 12.6 Å². The van der Waals surface area contributed by atoms with E-state index in [1.165, 1.54) is 6.92 Å². The van der Waals surface area contributed by atoms with Crippen LogP contribution in [0.4, 0.5) is 5.69 Å². The summed E-state index contributed by atoms with van der Waals surface area (Å²) >= 11 is 0. The number of amides is 1. The van der Waals surface area contributed by atoms with Crippen molar-refractivity contribution in [2.24, 2.45) is 0 Å². The van der Waals surface area contributed by atoms with Gasteiger partial charge in [0.2, 0.25) is 5.91 Å². The van der Waals surface area contributed by atoms with Crippen LogP contribution >= 0.6 is 0 Å².